The van der Waals surface area contributed by atoms with E-state index >= 15 is 0 Å². The SMILES string of the molecule is CCC1(C)CC(Nc2c(Cl)cc(Cl)cc2Cl)CCO1. The second-order valence-electron chi connectivity index (χ2n) is 5.23. The zero-order valence-electron chi connectivity index (χ0n) is 11.1. The van der Waals surface area contributed by atoms with Gasteiger partial charge in [0.15, 0.2) is 0 Å². The van der Waals surface area contributed by atoms with Crippen LogP contribution < -0.4 is 5.32 Å². The molecule has 2 nitrogen and oxygen atoms in total. The lowest BCUT2D eigenvalue weighted by Gasteiger charge is -2.38. The number of rotatable bonds is 3. The molecule has 1 saturated heterocycles. The van der Waals surface area contributed by atoms with E-state index in [1.807, 2.05) is 0 Å². The fourth-order valence-corrected chi connectivity index (χ4v) is 3.31. The molecule has 0 saturated carbocycles. The standard InChI is InChI=1S/C14H18Cl3NO/c1-3-14(2)8-10(4-5-19-14)18-13-11(16)6-9(15)7-12(13)17/h6-7,10,18H,3-5,8H2,1-2H3. The smallest absolute Gasteiger partial charge is 0.0722 e. The number of hydrogen-bond donors (Lipinski definition) is 1. The summed E-state index contributed by atoms with van der Waals surface area (Å²) in [6.45, 7) is 5.04. The fraction of sp³-hybridized carbons (Fsp3) is 0.571. The highest BCUT2D eigenvalue weighted by atomic mass is 35.5. The molecule has 0 aromatic heterocycles. The lowest BCUT2D eigenvalue weighted by molar-refractivity contribution is -0.0708. The minimum absolute atomic E-state index is 0.0682. The van der Waals surface area contributed by atoms with Gasteiger partial charge >= 0.3 is 0 Å². The number of benzene rings is 1. The molecule has 1 fully saturated rings. The molecule has 1 aromatic carbocycles. The molecular formula is C14H18Cl3NO. The Bertz CT molecular complexity index is 443. The van der Waals surface area contributed by atoms with Crippen LogP contribution in [-0.4, -0.2) is 18.2 Å². The van der Waals surface area contributed by atoms with E-state index in [0.29, 0.717) is 21.1 Å². The zero-order chi connectivity index (χ0) is 14.0. The molecule has 106 valence electrons. The summed E-state index contributed by atoms with van der Waals surface area (Å²) in [5.41, 5.74) is 0.694. The number of halogens is 3. The van der Waals surface area contributed by atoms with Gasteiger partial charge in [0, 0.05) is 17.7 Å². The molecule has 2 unspecified atom stereocenters. The third kappa shape index (κ3) is 3.69. The largest absolute Gasteiger partial charge is 0.380 e. The highest BCUT2D eigenvalue weighted by Gasteiger charge is 2.32. The van der Waals surface area contributed by atoms with Gasteiger partial charge in [-0.2, -0.15) is 0 Å². The van der Waals surface area contributed by atoms with E-state index in [1.165, 1.54) is 0 Å². The summed E-state index contributed by atoms with van der Waals surface area (Å²) in [7, 11) is 0. The van der Waals surface area contributed by atoms with Crippen LogP contribution in [0, 0.1) is 0 Å². The van der Waals surface area contributed by atoms with Crippen molar-refractivity contribution in [1.29, 1.82) is 0 Å². The van der Waals surface area contributed by atoms with Crippen LogP contribution in [0.1, 0.15) is 33.1 Å². The minimum Gasteiger partial charge on any atom is -0.380 e. The van der Waals surface area contributed by atoms with E-state index in [0.717, 1.165) is 31.6 Å². The van der Waals surface area contributed by atoms with E-state index in [9.17, 15) is 0 Å². The van der Waals surface area contributed by atoms with Crippen molar-refractivity contribution in [1.82, 2.24) is 0 Å². The first-order valence-electron chi connectivity index (χ1n) is 6.48. The Morgan fingerprint density at radius 3 is 2.53 bits per heavy atom. The van der Waals surface area contributed by atoms with Crippen molar-refractivity contribution in [2.75, 3.05) is 11.9 Å². The highest BCUT2D eigenvalue weighted by molar-refractivity contribution is 6.41. The number of hydrogen-bond acceptors (Lipinski definition) is 2. The maximum absolute atomic E-state index is 6.20. The average molecular weight is 323 g/mol. The molecule has 0 spiro atoms. The van der Waals surface area contributed by atoms with Crippen molar-refractivity contribution in [3.63, 3.8) is 0 Å². The maximum atomic E-state index is 6.20. The third-order valence-electron chi connectivity index (χ3n) is 3.70. The summed E-state index contributed by atoms with van der Waals surface area (Å²) in [6, 6.07) is 3.72. The van der Waals surface area contributed by atoms with Gasteiger partial charge in [-0.15, -0.1) is 0 Å². The molecule has 1 heterocycles. The second kappa shape index (κ2) is 6.09. The maximum Gasteiger partial charge on any atom is 0.0722 e. The molecule has 2 rings (SSSR count). The first kappa shape index (κ1) is 15.2. The molecule has 0 radical (unpaired) electrons. The fourth-order valence-electron chi connectivity index (χ4n) is 2.38. The summed E-state index contributed by atoms with van der Waals surface area (Å²) in [6.07, 6.45) is 2.89. The van der Waals surface area contributed by atoms with Crippen LogP contribution in [0.15, 0.2) is 12.1 Å². The van der Waals surface area contributed by atoms with Gasteiger partial charge in [-0.25, -0.2) is 0 Å². The molecule has 0 aliphatic carbocycles. The van der Waals surface area contributed by atoms with E-state index in [-0.39, 0.29) is 5.60 Å². The van der Waals surface area contributed by atoms with Crippen LogP contribution in [0.25, 0.3) is 0 Å². The molecule has 1 aliphatic rings. The molecule has 5 heteroatoms. The Morgan fingerprint density at radius 2 is 1.95 bits per heavy atom. The minimum atomic E-state index is -0.0682. The average Bonchev–Trinajstić information content (AvgIpc) is 2.34. The molecule has 1 N–H and O–H groups in total. The van der Waals surface area contributed by atoms with Crippen molar-refractivity contribution in [3.8, 4) is 0 Å². The van der Waals surface area contributed by atoms with E-state index in [1.54, 1.807) is 12.1 Å². The van der Waals surface area contributed by atoms with E-state index < -0.39 is 0 Å². The summed E-state index contributed by atoms with van der Waals surface area (Å²) < 4.78 is 5.84. The topological polar surface area (TPSA) is 21.3 Å². The highest BCUT2D eigenvalue weighted by Crippen LogP contribution is 2.36. The van der Waals surface area contributed by atoms with Gasteiger partial charge in [0.05, 0.1) is 21.3 Å². The van der Waals surface area contributed by atoms with Crippen molar-refractivity contribution < 1.29 is 4.74 Å². The quantitative estimate of drug-likeness (QED) is 0.803. The monoisotopic (exact) mass is 321 g/mol. The van der Waals surface area contributed by atoms with Gasteiger partial charge in [0.1, 0.15) is 0 Å². The van der Waals surface area contributed by atoms with Crippen molar-refractivity contribution in [2.24, 2.45) is 0 Å². The van der Waals surface area contributed by atoms with Crippen LogP contribution in [0.3, 0.4) is 0 Å². The zero-order valence-corrected chi connectivity index (χ0v) is 13.4. The molecule has 0 amide bonds. The lowest BCUT2D eigenvalue weighted by Crippen LogP contribution is -2.41. The van der Waals surface area contributed by atoms with E-state index in [4.69, 9.17) is 39.5 Å². The number of anilines is 1. The molecule has 2 atom stereocenters. The van der Waals surface area contributed by atoms with Gasteiger partial charge in [0.25, 0.3) is 0 Å². The van der Waals surface area contributed by atoms with Crippen LogP contribution in [-0.2, 0) is 4.74 Å². The predicted octanol–water partition coefficient (Wildman–Crippen LogP) is 5.41. The van der Waals surface area contributed by atoms with E-state index in [2.05, 4.69) is 19.2 Å². The third-order valence-corrected chi connectivity index (χ3v) is 4.51. The Kier molecular flexibility index (Phi) is 4.88. The van der Waals surface area contributed by atoms with Crippen molar-refractivity contribution in [3.05, 3.63) is 27.2 Å². The van der Waals surface area contributed by atoms with Gasteiger partial charge < -0.3 is 10.1 Å². The first-order chi connectivity index (χ1) is 8.93. The molecule has 1 aromatic rings. The van der Waals surface area contributed by atoms with Gasteiger partial charge in [-0.1, -0.05) is 41.7 Å². The van der Waals surface area contributed by atoms with Crippen LogP contribution in [0.4, 0.5) is 5.69 Å². The van der Waals surface area contributed by atoms with Crippen molar-refractivity contribution in [2.45, 2.75) is 44.8 Å². The lowest BCUT2D eigenvalue weighted by atomic mass is 9.90. The number of nitrogens with one attached hydrogen (secondary N) is 1. The molecule has 19 heavy (non-hydrogen) atoms. The summed E-state index contributed by atoms with van der Waals surface area (Å²) >= 11 is 18.3. The van der Waals surface area contributed by atoms with Crippen LogP contribution in [0.2, 0.25) is 15.1 Å². The van der Waals surface area contributed by atoms with Gasteiger partial charge in [0.2, 0.25) is 0 Å². The first-order valence-corrected chi connectivity index (χ1v) is 7.62. The summed E-state index contributed by atoms with van der Waals surface area (Å²) in [5.74, 6) is 0. The normalized spacial score (nSPS) is 27.3. The Balaban J connectivity index is 2.13. The summed E-state index contributed by atoms with van der Waals surface area (Å²) in [4.78, 5) is 0. The molecular weight excluding hydrogens is 305 g/mol. The van der Waals surface area contributed by atoms with Crippen molar-refractivity contribution >= 4 is 40.5 Å². The number of ether oxygens (including phenoxy) is 1. The van der Waals surface area contributed by atoms with Gasteiger partial charge in [-0.05, 0) is 38.3 Å². The molecule has 1 aliphatic heterocycles. The second-order valence-corrected chi connectivity index (χ2v) is 6.48. The van der Waals surface area contributed by atoms with Crippen LogP contribution in [0.5, 0.6) is 0 Å². The Labute approximate surface area is 129 Å². The Morgan fingerprint density at radius 1 is 1.32 bits per heavy atom. The van der Waals surface area contributed by atoms with Gasteiger partial charge in [-0.3, -0.25) is 0 Å². The summed E-state index contributed by atoms with van der Waals surface area (Å²) in [5, 5.41) is 5.09. The van der Waals surface area contributed by atoms with Crippen LogP contribution >= 0.6 is 34.8 Å². The predicted molar refractivity (Wildman–Crippen MR) is 82.8 cm³/mol. The molecule has 0 bridgehead atoms. The Hall–Kier alpha value is -0.150.